The molecule has 4 rings (SSSR count). The number of methoxy groups -OCH3 is 1. The molecule has 1 aliphatic heterocycles. The van der Waals surface area contributed by atoms with Crippen molar-refractivity contribution in [1.29, 1.82) is 0 Å². The number of ether oxygens (including phenoxy) is 1. The van der Waals surface area contributed by atoms with Gasteiger partial charge in [-0.1, -0.05) is 49.4 Å². The molecular formula is C25H31N5O. The summed E-state index contributed by atoms with van der Waals surface area (Å²) in [5, 5.41) is 0. The van der Waals surface area contributed by atoms with E-state index in [2.05, 4.69) is 70.3 Å². The Morgan fingerprint density at radius 3 is 2.65 bits per heavy atom. The van der Waals surface area contributed by atoms with Crippen molar-refractivity contribution in [2.24, 2.45) is 0 Å². The molecule has 1 aromatic heterocycles. The van der Waals surface area contributed by atoms with Gasteiger partial charge in [0.15, 0.2) is 0 Å². The Morgan fingerprint density at radius 2 is 1.90 bits per heavy atom. The summed E-state index contributed by atoms with van der Waals surface area (Å²) in [6.07, 6.45) is 3.85. The number of aryl methyl sites for hydroxylation is 2. The molecule has 0 amide bonds. The van der Waals surface area contributed by atoms with E-state index in [1.165, 1.54) is 16.8 Å². The first kappa shape index (κ1) is 21.1. The zero-order valence-electron chi connectivity index (χ0n) is 18.3. The molecule has 3 aromatic rings. The Balaban J connectivity index is 1.78. The number of fused-ring (bicyclic) bond motifs is 1. The van der Waals surface area contributed by atoms with Crippen LogP contribution >= 0.6 is 0 Å². The maximum absolute atomic E-state index is 6.30. The minimum Gasteiger partial charge on any atom is -0.385 e. The predicted molar refractivity (Wildman–Crippen MR) is 127 cm³/mol. The van der Waals surface area contributed by atoms with E-state index in [0.29, 0.717) is 11.9 Å². The predicted octanol–water partition coefficient (Wildman–Crippen LogP) is 4.40. The van der Waals surface area contributed by atoms with Crippen LogP contribution in [0.25, 0.3) is 11.1 Å². The number of aromatic nitrogens is 2. The molecule has 0 fully saturated rings. The molecule has 31 heavy (non-hydrogen) atoms. The number of nitrogen functional groups attached to an aromatic ring is 2. The van der Waals surface area contributed by atoms with E-state index in [1.807, 2.05) is 0 Å². The molecule has 2 heterocycles. The molecule has 6 nitrogen and oxygen atoms in total. The Morgan fingerprint density at radius 1 is 1.10 bits per heavy atom. The highest BCUT2D eigenvalue weighted by molar-refractivity contribution is 5.80. The van der Waals surface area contributed by atoms with Gasteiger partial charge in [0, 0.05) is 31.5 Å². The highest BCUT2D eigenvalue weighted by Gasteiger charge is 2.28. The van der Waals surface area contributed by atoms with Gasteiger partial charge in [-0.2, -0.15) is 4.98 Å². The fourth-order valence-electron chi connectivity index (χ4n) is 4.61. The zero-order chi connectivity index (χ0) is 21.8. The van der Waals surface area contributed by atoms with Crippen molar-refractivity contribution in [2.45, 2.75) is 38.6 Å². The van der Waals surface area contributed by atoms with Crippen LogP contribution < -0.4 is 16.4 Å². The van der Waals surface area contributed by atoms with Gasteiger partial charge in [0.1, 0.15) is 5.82 Å². The molecule has 162 valence electrons. The first-order valence-corrected chi connectivity index (χ1v) is 11.0. The van der Waals surface area contributed by atoms with Crippen LogP contribution in [0.15, 0.2) is 48.5 Å². The maximum atomic E-state index is 6.30. The quantitative estimate of drug-likeness (QED) is 0.554. The fourth-order valence-corrected chi connectivity index (χ4v) is 4.61. The minimum absolute atomic E-state index is 0.224. The number of nitrogens with two attached hydrogens (primary N) is 2. The summed E-state index contributed by atoms with van der Waals surface area (Å²) in [6, 6.07) is 17.7. The van der Waals surface area contributed by atoms with E-state index in [0.717, 1.165) is 55.7 Å². The van der Waals surface area contributed by atoms with Crippen molar-refractivity contribution in [2.75, 3.05) is 36.6 Å². The van der Waals surface area contributed by atoms with Crippen LogP contribution in [0.1, 0.15) is 42.6 Å². The van der Waals surface area contributed by atoms with Crippen molar-refractivity contribution in [3.05, 3.63) is 65.4 Å². The average molecular weight is 418 g/mol. The summed E-state index contributed by atoms with van der Waals surface area (Å²) in [5.74, 6) is 0.659. The van der Waals surface area contributed by atoms with Gasteiger partial charge < -0.3 is 21.1 Å². The number of rotatable bonds is 7. The maximum Gasteiger partial charge on any atom is 0.222 e. The highest BCUT2D eigenvalue weighted by Crippen LogP contribution is 2.41. The summed E-state index contributed by atoms with van der Waals surface area (Å²) in [6.45, 7) is 3.73. The monoisotopic (exact) mass is 417 g/mol. The van der Waals surface area contributed by atoms with Crippen LogP contribution in [0.5, 0.6) is 0 Å². The molecule has 2 aromatic carbocycles. The van der Waals surface area contributed by atoms with Crippen molar-refractivity contribution in [1.82, 2.24) is 9.97 Å². The van der Waals surface area contributed by atoms with E-state index in [1.54, 1.807) is 7.11 Å². The molecule has 1 atom stereocenters. The topological polar surface area (TPSA) is 90.3 Å². The lowest BCUT2D eigenvalue weighted by molar-refractivity contribution is 0.195. The molecule has 1 unspecified atom stereocenters. The van der Waals surface area contributed by atoms with Crippen LogP contribution in [0, 0.1) is 0 Å². The normalized spacial score (nSPS) is 15.7. The van der Waals surface area contributed by atoms with Gasteiger partial charge in [-0.05, 0) is 48.4 Å². The Hall–Kier alpha value is -3.12. The molecule has 0 radical (unpaired) electrons. The van der Waals surface area contributed by atoms with Gasteiger partial charge in [0.05, 0.1) is 11.7 Å². The second kappa shape index (κ2) is 9.35. The number of hydrogen-bond donors (Lipinski definition) is 2. The van der Waals surface area contributed by atoms with E-state index in [4.69, 9.17) is 16.2 Å². The van der Waals surface area contributed by atoms with Crippen molar-refractivity contribution in [3.8, 4) is 11.1 Å². The second-order valence-corrected chi connectivity index (χ2v) is 7.99. The van der Waals surface area contributed by atoms with E-state index in [9.17, 15) is 0 Å². The molecule has 0 saturated heterocycles. The van der Waals surface area contributed by atoms with E-state index < -0.39 is 0 Å². The molecule has 0 bridgehead atoms. The first-order valence-electron chi connectivity index (χ1n) is 11.0. The third-order valence-corrected chi connectivity index (χ3v) is 6.04. The second-order valence-electron chi connectivity index (χ2n) is 7.99. The lowest BCUT2D eigenvalue weighted by atomic mass is 9.89. The molecule has 0 saturated carbocycles. The molecule has 0 spiro atoms. The minimum atomic E-state index is 0.224. The van der Waals surface area contributed by atoms with Crippen LogP contribution in [0.4, 0.5) is 17.5 Å². The highest BCUT2D eigenvalue weighted by atomic mass is 16.5. The number of nitrogens with zero attached hydrogens (tertiary/aromatic N) is 3. The number of anilines is 3. The average Bonchev–Trinajstić information content (AvgIpc) is 2.79. The SMILES string of the molecule is CCc1nc(N)nc(N)c1-c1ccc2c(c1)N(CCCOC)C(c1ccccc1)CC2. The van der Waals surface area contributed by atoms with Crippen LogP contribution in [0.3, 0.4) is 0 Å². The van der Waals surface area contributed by atoms with Crippen molar-refractivity contribution in [3.63, 3.8) is 0 Å². The Bertz CT molecular complexity index is 1040. The van der Waals surface area contributed by atoms with Gasteiger partial charge >= 0.3 is 0 Å². The van der Waals surface area contributed by atoms with Gasteiger partial charge in [-0.3, -0.25) is 0 Å². The lowest BCUT2D eigenvalue weighted by Gasteiger charge is -2.40. The van der Waals surface area contributed by atoms with Crippen molar-refractivity contribution >= 4 is 17.5 Å². The lowest BCUT2D eigenvalue weighted by Crippen LogP contribution is -2.34. The van der Waals surface area contributed by atoms with Gasteiger partial charge in [0.2, 0.25) is 5.95 Å². The van der Waals surface area contributed by atoms with Crippen LogP contribution in [-0.2, 0) is 17.6 Å². The summed E-state index contributed by atoms with van der Waals surface area (Å²) in [7, 11) is 1.76. The largest absolute Gasteiger partial charge is 0.385 e. The van der Waals surface area contributed by atoms with Crippen LogP contribution in [0.2, 0.25) is 0 Å². The summed E-state index contributed by atoms with van der Waals surface area (Å²) in [5.41, 5.74) is 18.9. The summed E-state index contributed by atoms with van der Waals surface area (Å²) < 4.78 is 5.34. The van der Waals surface area contributed by atoms with Gasteiger partial charge in [0.25, 0.3) is 0 Å². The zero-order valence-corrected chi connectivity index (χ0v) is 18.3. The Labute approximate surface area is 184 Å². The fraction of sp³-hybridized carbons (Fsp3) is 0.360. The van der Waals surface area contributed by atoms with Gasteiger partial charge in [-0.25, -0.2) is 4.98 Å². The standard InChI is InChI=1S/C25H31N5O/c1-3-20-23(24(26)29-25(27)28-20)19-11-10-18-12-13-21(17-8-5-4-6-9-17)30(22(18)16-19)14-7-15-31-2/h4-6,8-11,16,21H,3,7,12-15H2,1-2H3,(H4,26,27,28,29). The molecule has 0 aliphatic carbocycles. The molecule has 1 aliphatic rings. The first-order chi connectivity index (χ1) is 15.1. The summed E-state index contributed by atoms with van der Waals surface area (Å²) in [4.78, 5) is 11.2. The Kier molecular flexibility index (Phi) is 6.37. The summed E-state index contributed by atoms with van der Waals surface area (Å²) >= 11 is 0. The van der Waals surface area contributed by atoms with Crippen molar-refractivity contribution < 1.29 is 4.74 Å². The number of benzene rings is 2. The third kappa shape index (κ3) is 4.35. The molecule has 4 N–H and O–H groups in total. The molecular weight excluding hydrogens is 386 g/mol. The van der Waals surface area contributed by atoms with E-state index in [-0.39, 0.29) is 5.95 Å². The van der Waals surface area contributed by atoms with Crippen LogP contribution in [-0.4, -0.2) is 30.2 Å². The smallest absolute Gasteiger partial charge is 0.222 e. The van der Waals surface area contributed by atoms with E-state index >= 15 is 0 Å². The third-order valence-electron chi connectivity index (χ3n) is 6.04. The molecule has 6 heteroatoms. The van der Waals surface area contributed by atoms with Gasteiger partial charge in [-0.15, -0.1) is 0 Å². The number of hydrogen-bond acceptors (Lipinski definition) is 6.